The molecule has 1 aromatic rings. The molecule has 0 saturated carbocycles. The molecule has 0 amide bonds. The van der Waals surface area contributed by atoms with Crippen molar-refractivity contribution < 1.29 is 23.2 Å². The fourth-order valence-corrected chi connectivity index (χ4v) is 3.43. The summed E-state index contributed by atoms with van der Waals surface area (Å²) in [5.41, 5.74) is 1.06. The smallest absolute Gasteiger partial charge is 0.338 e. The first-order valence-electron chi connectivity index (χ1n) is 8.96. The molecule has 0 radical (unpaired) electrons. The van der Waals surface area contributed by atoms with Crippen LogP contribution < -0.4 is 10.2 Å². The molecule has 0 aliphatic carbocycles. The normalized spacial score (nSPS) is 17.4. The van der Waals surface area contributed by atoms with Crippen LogP contribution in [-0.2, 0) is 9.53 Å². The van der Waals surface area contributed by atoms with E-state index in [0.717, 1.165) is 25.1 Å². The molecular formula is C19H26F2N3O2S+. The summed E-state index contributed by atoms with van der Waals surface area (Å²) >= 11 is 5.46. The maximum Gasteiger partial charge on any atom is 0.338 e. The number of halogens is 2. The Kier molecular flexibility index (Phi) is 7.26. The lowest BCUT2D eigenvalue weighted by Crippen LogP contribution is -3.05. The van der Waals surface area contributed by atoms with Crippen molar-refractivity contribution >= 4 is 23.3 Å². The van der Waals surface area contributed by atoms with Crippen molar-refractivity contribution in [2.24, 2.45) is 0 Å². The Hall–Kier alpha value is -2.06. The first-order chi connectivity index (χ1) is 12.8. The molecule has 2 N–H and O–H groups in total. The van der Waals surface area contributed by atoms with Gasteiger partial charge in [-0.3, -0.25) is 0 Å². The van der Waals surface area contributed by atoms with Crippen LogP contribution in [0.4, 0.5) is 8.78 Å². The van der Waals surface area contributed by atoms with E-state index >= 15 is 0 Å². The number of quaternary nitrogens is 1. The molecule has 1 aliphatic rings. The molecule has 8 heteroatoms. The van der Waals surface area contributed by atoms with Crippen LogP contribution in [0, 0.1) is 11.6 Å². The van der Waals surface area contributed by atoms with Gasteiger partial charge in [0, 0.05) is 30.3 Å². The number of allylic oxidation sites excluding steroid dienone is 1. The third kappa shape index (κ3) is 5.01. The fraction of sp³-hybridized carbons (Fsp3) is 0.474. The number of ether oxygens (including phenoxy) is 1. The van der Waals surface area contributed by atoms with E-state index < -0.39 is 23.6 Å². The molecule has 0 spiro atoms. The highest BCUT2D eigenvalue weighted by Crippen LogP contribution is 2.33. The standard InChI is InChI=1S/C19H25F2N3O2S/c1-5-26-18(25)16-12(2)24(10-6-9-23(3)4)19(27)22-17(16)14-8-7-13(20)11-15(14)21/h7-8,11,17H,5-6,9-10H2,1-4H3,(H,22,27)/p+1/t17-/m1/s1. The minimum atomic E-state index is -0.826. The maximum absolute atomic E-state index is 14.4. The summed E-state index contributed by atoms with van der Waals surface area (Å²) in [4.78, 5) is 15.8. The first-order valence-corrected chi connectivity index (χ1v) is 9.37. The summed E-state index contributed by atoms with van der Waals surface area (Å²) in [6.07, 6.45) is 0.868. The Balaban J connectivity index is 2.43. The van der Waals surface area contributed by atoms with Gasteiger partial charge in [-0.15, -0.1) is 0 Å². The van der Waals surface area contributed by atoms with Crippen molar-refractivity contribution in [3.8, 4) is 0 Å². The average molecular weight is 398 g/mol. The molecule has 1 atom stereocenters. The monoisotopic (exact) mass is 398 g/mol. The van der Waals surface area contributed by atoms with Crippen molar-refractivity contribution in [1.82, 2.24) is 10.2 Å². The van der Waals surface area contributed by atoms with Gasteiger partial charge in [-0.2, -0.15) is 0 Å². The number of nitrogens with zero attached hydrogens (tertiary/aromatic N) is 1. The Morgan fingerprint density at radius 3 is 2.67 bits per heavy atom. The Morgan fingerprint density at radius 1 is 1.37 bits per heavy atom. The van der Waals surface area contributed by atoms with Crippen LogP contribution in [0.3, 0.4) is 0 Å². The zero-order valence-electron chi connectivity index (χ0n) is 16.1. The number of benzene rings is 1. The predicted molar refractivity (Wildman–Crippen MR) is 103 cm³/mol. The summed E-state index contributed by atoms with van der Waals surface area (Å²) in [5.74, 6) is -1.96. The summed E-state index contributed by atoms with van der Waals surface area (Å²) in [7, 11) is 4.12. The quantitative estimate of drug-likeness (QED) is 0.539. The number of rotatable bonds is 7. The molecule has 27 heavy (non-hydrogen) atoms. The maximum atomic E-state index is 14.4. The average Bonchev–Trinajstić information content (AvgIpc) is 2.57. The van der Waals surface area contributed by atoms with E-state index in [9.17, 15) is 13.6 Å². The summed E-state index contributed by atoms with van der Waals surface area (Å²) < 4.78 is 32.9. The molecule has 148 valence electrons. The van der Waals surface area contributed by atoms with E-state index in [4.69, 9.17) is 17.0 Å². The van der Waals surface area contributed by atoms with Crippen molar-refractivity contribution in [3.63, 3.8) is 0 Å². The number of thiocarbonyl (C=S) groups is 1. The molecule has 0 unspecified atom stereocenters. The van der Waals surface area contributed by atoms with E-state index in [-0.39, 0.29) is 17.7 Å². The number of hydrogen-bond donors (Lipinski definition) is 2. The summed E-state index contributed by atoms with van der Waals surface area (Å²) in [6, 6.07) is 2.45. The second-order valence-electron chi connectivity index (χ2n) is 6.73. The minimum Gasteiger partial charge on any atom is -0.463 e. The van der Waals surface area contributed by atoms with E-state index in [1.165, 1.54) is 11.0 Å². The third-order valence-corrected chi connectivity index (χ3v) is 4.76. The number of nitrogens with one attached hydrogen (secondary N) is 2. The SMILES string of the molecule is CCOC(=O)C1=C(C)N(CCC[NH+](C)C)C(=S)N[C@@H]1c1ccc(F)cc1F. The minimum absolute atomic E-state index is 0.151. The van der Waals surface area contributed by atoms with Gasteiger partial charge >= 0.3 is 5.97 Å². The van der Waals surface area contributed by atoms with E-state index in [1.54, 1.807) is 13.8 Å². The Labute approximate surface area is 164 Å². The van der Waals surface area contributed by atoms with Crippen molar-refractivity contribution in [2.45, 2.75) is 26.3 Å². The van der Waals surface area contributed by atoms with Crippen molar-refractivity contribution in [3.05, 3.63) is 46.7 Å². The highest BCUT2D eigenvalue weighted by Gasteiger charge is 2.36. The molecule has 1 aromatic carbocycles. The van der Waals surface area contributed by atoms with Crippen LogP contribution in [0.15, 0.2) is 29.5 Å². The van der Waals surface area contributed by atoms with Crippen LogP contribution in [0.1, 0.15) is 31.9 Å². The first kappa shape index (κ1) is 21.2. The number of hydrogen-bond acceptors (Lipinski definition) is 3. The molecular weight excluding hydrogens is 372 g/mol. The molecule has 0 bridgehead atoms. The van der Waals surface area contributed by atoms with Gasteiger partial charge < -0.3 is 19.9 Å². The second-order valence-corrected chi connectivity index (χ2v) is 7.12. The summed E-state index contributed by atoms with van der Waals surface area (Å²) in [5, 5.41) is 3.44. The Bertz CT molecular complexity index is 752. The molecule has 0 fully saturated rings. The Morgan fingerprint density at radius 2 is 2.07 bits per heavy atom. The predicted octanol–water partition coefficient (Wildman–Crippen LogP) is 1.57. The molecule has 1 heterocycles. The van der Waals surface area contributed by atoms with Gasteiger partial charge in [0.15, 0.2) is 5.11 Å². The van der Waals surface area contributed by atoms with E-state index in [2.05, 4.69) is 19.4 Å². The summed E-state index contributed by atoms with van der Waals surface area (Å²) in [6.45, 7) is 5.25. The van der Waals surface area contributed by atoms with Gasteiger partial charge in [-0.25, -0.2) is 13.6 Å². The highest BCUT2D eigenvalue weighted by atomic mass is 32.1. The van der Waals surface area contributed by atoms with Gasteiger partial charge in [0.1, 0.15) is 11.6 Å². The van der Waals surface area contributed by atoms with E-state index in [0.29, 0.717) is 17.4 Å². The van der Waals surface area contributed by atoms with E-state index in [1.807, 2.05) is 4.90 Å². The third-order valence-electron chi connectivity index (χ3n) is 4.42. The molecule has 0 saturated heterocycles. The lowest BCUT2D eigenvalue weighted by atomic mass is 9.94. The zero-order valence-corrected chi connectivity index (χ0v) is 16.9. The molecule has 1 aliphatic heterocycles. The second kappa shape index (κ2) is 9.23. The molecule has 0 aromatic heterocycles. The number of esters is 1. The lowest BCUT2D eigenvalue weighted by Gasteiger charge is -2.37. The van der Waals surface area contributed by atoms with Gasteiger partial charge in [0.05, 0.1) is 38.9 Å². The van der Waals surface area contributed by atoms with Crippen LogP contribution in [0.25, 0.3) is 0 Å². The zero-order chi connectivity index (χ0) is 20.1. The molecule has 2 rings (SSSR count). The van der Waals surface area contributed by atoms with Gasteiger partial charge in [-0.1, -0.05) is 6.07 Å². The van der Waals surface area contributed by atoms with Gasteiger partial charge in [-0.05, 0) is 32.1 Å². The fourth-order valence-electron chi connectivity index (χ4n) is 3.08. The number of carbonyl (C=O) groups excluding carboxylic acids is 1. The van der Waals surface area contributed by atoms with Crippen molar-refractivity contribution in [2.75, 3.05) is 33.8 Å². The van der Waals surface area contributed by atoms with Crippen molar-refractivity contribution in [1.29, 1.82) is 0 Å². The number of carbonyl (C=O) groups is 1. The van der Waals surface area contributed by atoms with Crippen LogP contribution >= 0.6 is 12.2 Å². The molecule has 5 nitrogen and oxygen atoms in total. The van der Waals surface area contributed by atoms with Gasteiger partial charge in [0.2, 0.25) is 0 Å². The van der Waals surface area contributed by atoms with Crippen LogP contribution in [0.5, 0.6) is 0 Å². The lowest BCUT2D eigenvalue weighted by molar-refractivity contribution is -0.858. The topological polar surface area (TPSA) is 46.0 Å². The van der Waals surface area contributed by atoms with Gasteiger partial charge in [0.25, 0.3) is 0 Å². The highest BCUT2D eigenvalue weighted by molar-refractivity contribution is 7.80. The van der Waals surface area contributed by atoms with Crippen LogP contribution in [0.2, 0.25) is 0 Å². The van der Waals surface area contributed by atoms with Crippen LogP contribution in [-0.4, -0.2) is 49.8 Å². The largest absolute Gasteiger partial charge is 0.463 e.